The highest BCUT2D eigenvalue weighted by molar-refractivity contribution is 6.01. The molecule has 0 radical (unpaired) electrons. The van der Waals surface area contributed by atoms with E-state index in [9.17, 15) is 9.59 Å². The van der Waals surface area contributed by atoms with Gasteiger partial charge in [-0.15, -0.1) is 0 Å². The maximum Gasteiger partial charge on any atom is 0.252 e. The van der Waals surface area contributed by atoms with Gasteiger partial charge in [-0.1, -0.05) is 49.4 Å². The first kappa shape index (κ1) is 18.4. The van der Waals surface area contributed by atoms with E-state index in [-0.39, 0.29) is 23.8 Å². The van der Waals surface area contributed by atoms with E-state index in [2.05, 4.69) is 17.6 Å². The summed E-state index contributed by atoms with van der Waals surface area (Å²) in [6, 6.07) is 22.4. The van der Waals surface area contributed by atoms with Crippen LogP contribution in [-0.2, 0) is 5.54 Å². The first-order chi connectivity index (χ1) is 14.6. The fourth-order valence-corrected chi connectivity index (χ4v) is 4.97. The Hall–Kier alpha value is -3.60. The van der Waals surface area contributed by atoms with Crippen LogP contribution >= 0.6 is 0 Å². The van der Waals surface area contributed by atoms with Gasteiger partial charge in [-0.2, -0.15) is 0 Å². The van der Waals surface area contributed by atoms with Crippen LogP contribution in [0.2, 0.25) is 0 Å². The number of benzene rings is 3. The Balaban J connectivity index is 1.65. The van der Waals surface area contributed by atoms with E-state index in [0.717, 1.165) is 16.7 Å². The molecule has 5 nitrogen and oxygen atoms in total. The number of carbonyl (C=O) groups excluding carboxylic acids is 2. The standard InChI is InChI=1S/C25H22N2O3/c1-15-22(26-23(28)16-8-4-3-5-9-16)18-13-12-17(30-2)14-21(18)25(15)20-11-7-6-10-19(20)24(29)27-25/h3-15,22H,1-2H3,(H,26,28)(H,27,29)/t15-,22-,25+/m1/s1. The molecule has 0 fully saturated rings. The van der Waals surface area contributed by atoms with E-state index in [1.807, 2.05) is 60.7 Å². The van der Waals surface area contributed by atoms with E-state index in [1.54, 1.807) is 19.2 Å². The number of fused-ring (bicyclic) bond motifs is 4. The molecule has 1 aliphatic heterocycles. The van der Waals surface area contributed by atoms with Gasteiger partial charge in [0.25, 0.3) is 11.8 Å². The predicted molar refractivity (Wildman–Crippen MR) is 113 cm³/mol. The summed E-state index contributed by atoms with van der Waals surface area (Å²) in [6.45, 7) is 2.07. The molecule has 0 saturated heterocycles. The number of nitrogens with one attached hydrogen (secondary N) is 2. The third-order valence-corrected chi connectivity index (χ3v) is 6.43. The zero-order chi connectivity index (χ0) is 20.9. The fraction of sp³-hybridized carbons (Fsp3) is 0.200. The Bertz CT molecular complexity index is 1160. The Morgan fingerprint density at radius 2 is 1.73 bits per heavy atom. The molecule has 3 atom stereocenters. The lowest BCUT2D eigenvalue weighted by Crippen LogP contribution is -2.46. The van der Waals surface area contributed by atoms with Crippen LogP contribution < -0.4 is 15.4 Å². The molecule has 2 N–H and O–H groups in total. The lowest BCUT2D eigenvalue weighted by atomic mass is 9.78. The van der Waals surface area contributed by atoms with Crippen molar-refractivity contribution in [1.82, 2.24) is 10.6 Å². The fourth-order valence-electron chi connectivity index (χ4n) is 4.97. The van der Waals surface area contributed by atoms with Crippen molar-refractivity contribution in [3.05, 3.63) is 101 Å². The highest BCUT2D eigenvalue weighted by Crippen LogP contribution is 2.55. The first-order valence-corrected chi connectivity index (χ1v) is 10.0. The molecule has 1 heterocycles. The molecule has 3 aromatic rings. The molecule has 150 valence electrons. The van der Waals surface area contributed by atoms with Crippen molar-refractivity contribution in [3.8, 4) is 5.75 Å². The highest BCUT2D eigenvalue weighted by Gasteiger charge is 2.56. The van der Waals surface area contributed by atoms with Crippen molar-refractivity contribution in [2.45, 2.75) is 18.5 Å². The van der Waals surface area contributed by atoms with E-state index < -0.39 is 5.54 Å². The summed E-state index contributed by atoms with van der Waals surface area (Å²) in [4.78, 5) is 25.8. The molecule has 2 amide bonds. The smallest absolute Gasteiger partial charge is 0.252 e. The number of carbonyl (C=O) groups is 2. The molecule has 0 unspecified atom stereocenters. The Labute approximate surface area is 175 Å². The van der Waals surface area contributed by atoms with Gasteiger partial charge in [-0.25, -0.2) is 0 Å². The summed E-state index contributed by atoms with van der Waals surface area (Å²) in [7, 11) is 1.63. The minimum atomic E-state index is -0.716. The number of ether oxygens (including phenoxy) is 1. The SMILES string of the molecule is COc1ccc2c(c1)[C@]1(NC(=O)c3ccccc31)[C@H](C)[C@H]2NC(=O)c1ccccc1. The molecule has 30 heavy (non-hydrogen) atoms. The number of amides is 2. The summed E-state index contributed by atoms with van der Waals surface area (Å²) in [5, 5.41) is 6.45. The Morgan fingerprint density at radius 1 is 1.00 bits per heavy atom. The maximum absolute atomic E-state index is 13.0. The number of hydrogen-bond donors (Lipinski definition) is 2. The van der Waals surface area contributed by atoms with Gasteiger partial charge >= 0.3 is 0 Å². The summed E-state index contributed by atoms with van der Waals surface area (Å²) in [6.07, 6.45) is 0. The number of methoxy groups -OCH3 is 1. The topological polar surface area (TPSA) is 67.4 Å². The normalized spacial score (nSPS) is 23.6. The average molecular weight is 398 g/mol. The molecule has 3 aromatic carbocycles. The predicted octanol–water partition coefficient (Wildman–Crippen LogP) is 3.80. The molecule has 0 bridgehead atoms. The summed E-state index contributed by atoms with van der Waals surface area (Å²) >= 11 is 0. The molecule has 1 spiro atoms. The second-order valence-corrected chi connectivity index (χ2v) is 7.87. The van der Waals surface area contributed by atoms with Crippen molar-refractivity contribution in [2.24, 2.45) is 5.92 Å². The third kappa shape index (κ3) is 2.48. The summed E-state index contributed by atoms with van der Waals surface area (Å²) in [5.41, 5.74) is 3.46. The second kappa shape index (κ2) is 6.73. The van der Waals surface area contributed by atoms with Crippen LogP contribution in [0.1, 0.15) is 50.4 Å². The van der Waals surface area contributed by atoms with Crippen LogP contribution in [0.5, 0.6) is 5.75 Å². The van der Waals surface area contributed by atoms with Crippen molar-refractivity contribution in [3.63, 3.8) is 0 Å². The van der Waals surface area contributed by atoms with E-state index in [0.29, 0.717) is 16.9 Å². The summed E-state index contributed by atoms with van der Waals surface area (Å²) in [5.74, 6) is 0.388. The lowest BCUT2D eigenvalue weighted by Gasteiger charge is -2.33. The average Bonchev–Trinajstić information content (AvgIpc) is 3.21. The molecule has 2 aliphatic rings. The molecule has 0 aromatic heterocycles. The molecule has 5 heteroatoms. The van der Waals surface area contributed by atoms with Crippen LogP contribution in [0.15, 0.2) is 72.8 Å². The van der Waals surface area contributed by atoms with Gasteiger partial charge < -0.3 is 15.4 Å². The van der Waals surface area contributed by atoms with Gasteiger partial charge in [0, 0.05) is 17.0 Å². The van der Waals surface area contributed by atoms with E-state index >= 15 is 0 Å². The summed E-state index contributed by atoms with van der Waals surface area (Å²) < 4.78 is 5.48. The molecule has 1 aliphatic carbocycles. The maximum atomic E-state index is 13.0. The number of hydrogen-bond acceptors (Lipinski definition) is 3. The van der Waals surface area contributed by atoms with Crippen molar-refractivity contribution in [2.75, 3.05) is 7.11 Å². The van der Waals surface area contributed by atoms with Crippen LogP contribution in [0.3, 0.4) is 0 Å². The van der Waals surface area contributed by atoms with Crippen molar-refractivity contribution in [1.29, 1.82) is 0 Å². The molecular formula is C25H22N2O3. The van der Waals surface area contributed by atoms with Gasteiger partial charge in [-0.05, 0) is 47.0 Å². The Morgan fingerprint density at radius 3 is 2.50 bits per heavy atom. The highest BCUT2D eigenvalue weighted by atomic mass is 16.5. The minimum absolute atomic E-state index is 0.0961. The molecule has 5 rings (SSSR count). The van der Waals surface area contributed by atoms with Crippen molar-refractivity contribution >= 4 is 11.8 Å². The Kier molecular flexibility index (Phi) is 4.13. The minimum Gasteiger partial charge on any atom is -0.497 e. The van der Waals surface area contributed by atoms with Crippen LogP contribution in [0, 0.1) is 5.92 Å². The van der Waals surface area contributed by atoms with E-state index in [4.69, 9.17) is 4.74 Å². The lowest BCUT2D eigenvalue weighted by molar-refractivity contribution is 0.0895. The van der Waals surface area contributed by atoms with Gasteiger partial charge in [0.1, 0.15) is 5.75 Å². The van der Waals surface area contributed by atoms with Gasteiger partial charge in [0.05, 0.1) is 18.7 Å². The third-order valence-electron chi connectivity index (χ3n) is 6.43. The first-order valence-electron chi connectivity index (χ1n) is 10.0. The molecule has 0 saturated carbocycles. The van der Waals surface area contributed by atoms with Crippen LogP contribution in [0.25, 0.3) is 0 Å². The number of rotatable bonds is 3. The van der Waals surface area contributed by atoms with E-state index in [1.165, 1.54) is 0 Å². The second-order valence-electron chi connectivity index (χ2n) is 7.87. The van der Waals surface area contributed by atoms with Gasteiger partial charge in [0.15, 0.2) is 0 Å². The monoisotopic (exact) mass is 398 g/mol. The van der Waals surface area contributed by atoms with Crippen molar-refractivity contribution < 1.29 is 14.3 Å². The van der Waals surface area contributed by atoms with Gasteiger partial charge in [-0.3, -0.25) is 9.59 Å². The van der Waals surface area contributed by atoms with Crippen LogP contribution in [-0.4, -0.2) is 18.9 Å². The zero-order valence-corrected chi connectivity index (χ0v) is 16.8. The van der Waals surface area contributed by atoms with Crippen LogP contribution in [0.4, 0.5) is 0 Å². The quantitative estimate of drug-likeness (QED) is 0.705. The largest absolute Gasteiger partial charge is 0.497 e. The van der Waals surface area contributed by atoms with Gasteiger partial charge in [0.2, 0.25) is 0 Å². The molecular weight excluding hydrogens is 376 g/mol. The zero-order valence-electron chi connectivity index (χ0n) is 16.8.